The second kappa shape index (κ2) is 7.72. The number of ether oxygens (including phenoxy) is 2. The number of rotatable bonds is 6. The predicted molar refractivity (Wildman–Crippen MR) is 99.2 cm³/mol. The van der Waals surface area contributed by atoms with Gasteiger partial charge in [-0.2, -0.15) is 8.75 Å². The zero-order chi connectivity index (χ0) is 18.6. The van der Waals surface area contributed by atoms with Crippen LogP contribution < -0.4 is 18.6 Å². The van der Waals surface area contributed by atoms with Crippen LogP contribution in [0.1, 0.15) is 0 Å². The van der Waals surface area contributed by atoms with Gasteiger partial charge in [0, 0.05) is 12.1 Å². The molecule has 4 rings (SSSR count). The van der Waals surface area contributed by atoms with Gasteiger partial charge in [-0.3, -0.25) is 0 Å². The number of aryl methyl sites for hydroxylation is 2. The summed E-state index contributed by atoms with van der Waals surface area (Å²) in [6.07, 6.45) is 7.82. The van der Waals surface area contributed by atoms with Crippen molar-refractivity contribution >= 4 is 23.5 Å². The smallest absolute Gasteiger partial charge is 0.257 e. The van der Waals surface area contributed by atoms with Crippen molar-refractivity contribution in [2.45, 2.75) is 0 Å². The lowest BCUT2D eigenvalue weighted by Gasteiger charge is -2.06. The summed E-state index contributed by atoms with van der Waals surface area (Å²) in [5, 5.41) is 0. The molecule has 0 aliphatic carbocycles. The molecule has 4 heterocycles. The second-order valence-electron chi connectivity index (χ2n) is 5.76. The van der Waals surface area contributed by atoms with Gasteiger partial charge in [-0.1, -0.05) is 0 Å². The van der Waals surface area contributed by atoms with Crippen LogP contribution in [0.2, 0.25) is 0 Å². The van der Waals surface area contributed by atoms with E-state index in [-0.39, 0.29) is 6.79 Å². The molecule has 0 amide bonds. The van der Waals surface area contributed by atoms with Gasteiger partial charge in [0.25, 0.3) is 11.8 Å². The number of pyridine rings is 2. The fourth-order valence-electron chi connectivity index (χ4n) is 2.50. The molecule has 0 radical (unpaired) electrons. The second-order valence-corrected chi connectivity index (χ2v) is 6.82. The summed E-state index contributed by atoms with van der Waals surface area (Å²) in [6, 6.07) is 7.81. The summed E-state index contributed by atoms with van der Waals surface area (Å²) >= 11 is 2.20. The van der Waals surface area contributed by atoms with E-state index in [4.69, 9.17) is 9.47 Å². The van der Waals surface area contributed by atoms with Gasteiger partial charge in [0.15, 0.2) is 36.2 Å². The molecule has 0 bridgehead atoms. The molecular formula is C17H16N6O2S2+2. The SMILES string of the molecule is C[n+]1cccc(-c2nsnc2OCOc2nsnc2-c2ccc[n+](C)c2)c1. The van der Waals surface area contributed by atoms with E-state index in [0.717, 1.165) is 34.6 Å². The van der Waals surface area contributed by atoms with Gasteiger partial charge in [-0.25, -0.2) is 9.13 Å². The summed E-state index contributed by atoms with van der Waals surface area (Å²) in [6.45, 7) is -0.0330. The third kappa shape index (κ3) is 3.91. The Morgan fingerprint density at radius 2 is 1.26 bits per heavy atom. The average Bonchev–Trinajstić information content (AvgIpc) is 3.31. The van der Waals surface area contributed by atoms with Crippen molar-refractivity contribution in [3.05, 3.63) is 49.1 Å². The van der Waals surface area contributed by atoms with Gasteiger partial charge in [0.05, 0.1) is 34.6 Å². The van der Waals surface area contributed by atoms with E-state index in [1.807, 2.05) is 72.3 Å². The van der Waals surface area contributed by atoms with Crippen LogP contribution in [0.4, 0.5) is 0 Å². The molecule has 0 aliphatic heterocycles. The van der Waals surface area contributed by atoms with E-state index in [2.05, 4.69) is 17.5 Å². The monoisotopic (exact) mass is 400 g/mol. The minimum Gasteiger partial charge on any atom is -0.438 e. The van der Waals surface area contributed by atoms with Crippen LogP contribution in [0.5, 0.6) is 11.8 Å². The molecule has 8 nitrogen and oxygen atoms in total. The van der Waals surface area contributed by atoms with Crippen molar-refractivity contribution in [1.29, 1.82) is 0 Å². The summed E-state index contributed by atoms with van der Waals surface area (Å²) in [4.78, 5) is 0. The highest BCUT2D eigenvalue weighted by Gasteiger charge is 2.17. The van der Waals surface area contributed by atoms with Crippen LogP contribution >= 0.6 is 23.5 Å². The van der Waals surface area contributed by atoms with Crippen molar-refractivity contribution in [3.63, 3.8) is 0 Å². The van der Waals surface area contributed by atoms with Crippen LogP contribution in [0, 0.1) is 0 Å². The van der Waals surface area contributed by atoms with E-state index >= 15 is 0 Å². The Labute approximate surface area is 164 Å². The molecule has 0 N–H and O–H groups in total. The Bertz CT molecular complexity index is 981. The molecule has 0 fully saturated rings. The maximum atomic E-state index is 5.70. The van der Waals surface area contributed by atoms with Crippen molar-refractivity contribution in [2.75, 3.05) is 6.79 Å². The average molecular weight is 400 g/mol. The molecule has 4 aromatic rings. The number of hydrogen-bond donors (Lipinski definition) is 0. The van der Waals surface area contributed by atoms with Gasteiger partial charge < -0.3 is 9.47 Å². The number of aromatic nitrogens is 6. The molecule has 136 valence electrons. The maximum absolute atomic E-state index is 5.70. The molecule has 0 saturated heterocycles. The summed E-state index contributed by atoms with van der Waals surface area (Å²) < 4.78 is 32.4. The first-order chi connectivity index (χ1) is 13.2. The third-order valence-electron chi connectivity index (χ3n) is 3.73. The molecule has 10 heteroatoms. The first-order valence-electron chi connectivity index (χ1n) is 8.03. The normalized spacial score (nSPS) is 10.7. The van der Waals surface area contributed by atoms with Crippen molar-refractivity contribution in [1.82, 2.24) is 17.5 Å². The van der Waals surface area contributed by atoms with E-state index < -0.39 is 0 Å². The summed E-state index contributed by atoms with van der Waals surface area (Å²) in [5.74, 6) is 0.865. The predicted octanol–water partition coefficient (Wildman–Crippen LogP) is 1.79. The molecule has 4 aromatic heterocycles. The maximum Gasteiger partial charge on any atom is 0.257 e. The Kier molecular flexibility index (Phi) is 4.99. The van der Waals surface area contributed by atoms with Crippen molar-refractivity contribution in [2.24, 2.45) is 14.1 Å². The van der Waals surface area contributed by atoms with Gasteiger partial charge in [0.1, 0.15) is 14.1 Å². The highest BCUT2D eigenvalue weighted by molar-refractivity contribution is 6.99. The largest absolute Gasteiger partial charge is 0.438 e. The minimum atomic E-state index is -0.0330. The molecule has 0 aliphatic rings. The molecule has 0 spiro atoms. The van der Waals surface area contributed by atoms with Crippen LogP contribution in [-0.4, -0.2) is 24.3 Å². The topological polar surface area (TPSA) is 77.8 Å². The molecule has 0 saturated carbocycles. The Morgan fingerprint density at radius 3 is 1.70 bits per heavy atom. The standard InChI is InChI=1S/C17H16N6O2S2/c1-22-7-3-5-12(9-22)14-16(20-26-18-14)24-11-25-17-15(19-27-21-17)13-6-4-8-23(2)10-13/h3-10H,11H2,1-2H3/q+2. The van der Waals surface area contributed by atoms with Crippen LogP contribution in [-0.2, 0) is 14.1 Å². The first-order valence-corrected chi connectivity index (χ1v) is 9.49. The minimum absolute atomic E-state index is 0.0330. The number of nitrogens with zero attached hydrogens (tertiary/aromatic N) is 6. The van der Waals surface area contributed by atoms with E-state index in [1.54, 1.807) is 0 Å². The molecule has 0 unspecified atom stereocenters. The lowest BCUT2D eigenvalue weighted by molar-refractivity contribution is -0.671. The molecule has 0 aromatic carbocycles. The Balaban J connectivity index is 1.47. The van der Waals surface area contributed by atoms with E-state index in [0.29, 0.717) is 23.1 Å². The molecule has 0 atom stereocenters. The first kappa shape index (κ1) is 17.4. The fourth-order valence-corrected chi connectivity index (χ4v) is 3.54. The van der Waals surface area contributed by atoms with Crippen molar-refractivity contribution < 1.29 is 18.6 Å². The third-order valence-corrected chi connectivity index (χ3v) is 4.76. The summed E-state index contributed by atoms with van der Waals surface area (Å²) in [5.41, 5.74) is 3.23. The lowest BCUT2D eigenvalue weighted by atomic mass is 10.2. The summed E-state index contributed by atoms with van der Waals surface area (Å²) in [7, 11) is 3.90. The Morgan fingerprint density at radius 1 is 0.778 bits per heavy atom. The zero-order valence-corrected chi connectivity index (χ0v) is 16.3. The quantitative estimate of drug-likeness (QED) is 0.363. The molecule has 27 heavy (non-hydrogen) atoms. The zero-order valence-electron chi connectivity index (χ0n) is 14.6. The van der Waals surface area contributed by atoms with Gasteiger partial charge in [-0.05, 0) is 12.1 Å². The Hall–Kier alpha value is -2.98. The highest BCUT2D eigenvalue weighted by atomic mass is 32.1. The van der Waals surface area contributed by atoms with Crippen LogP contribution in [0.25, 0.3) is 22.5 Å². The number of hydrogen-bond acceptors (Lipinski definition) is 8. The van der Waals surface area contributed by atoms with E-state index in [9.17, 15) is 0 Å². The van der Waals surface area contributed by atoms with E-state index in [1.165, 1.54) is 0 Å². The molecular weight excluding hydrogens is 384 g/mol. The van der Waals surface area contributed by atoms with Gasteiger partial charge in [0.2, 0.25) is 6.79 Å². The fraction of sp³-hybridized carbons (Fsp3) is 0.176. The highest BCUT2D eigenvalue weighted by Crippen LogP contribution is 2.29. The van der Waals surface area contributed by atoms with Crippen LogP contribution in [0.15, 0.2) is 49.1 Å². The van der Waals surface area contributed by atoms with Crippen molar-refractivity contribution in [3.8, 4) is 34.3 Å². The van der Waals surface area contributed by atoms with Crippen LogP contribution in [0.3, 0.4) is 0 Å². The van der Waals surface area contributed by atoms with Gasteiger partial charge >= 0.3 is 0 Å². The lowest BCUT2D eigenvalue weighted by Crippen LogP contribution is -2.26. The van der Waals surface area contributed by atoms with Gasteiger partial charge in [-0.15, -0.1) is 8.75 Å².